The average Bonchev–Trinajstić information content (AvgIpc) is 2.65. The molecule has 0 radical (unpaired) electrons. The summed E-state index contributed by atoms with van der Waals surface area (Å²) >= 11 is 0. The molecule has 2 aromatic rings. The first kappa shape index (κ1) is 18.0. The molecule has 1 heterocycles. The number of halogens is 3. The van der Waals surface area contributed by atoms with E-state index in [4.69, 9.17) is 0 Å². The highest BCUT2D eigenvalue weighted by Gasteiger charge is 2.28. The van der Waals surface area contributed by atoms with Gasteiger partial charge in [-0.3, -0.25) is 9.59 Å². The van der Waals surface area contributed by atoms with Gasteiger partial charge >= 0.3 is 0 Å². The van der Waals surface area contributed by atoms with Crippen molar-refractivity contribution in [1.29, 1.82) is 0 Å². The second-order valence-electron chi connectivity index (χ2n) is 6.19. The third-order valence-electron chi connectivity index (χ3n) is 4.43. The van der Waals surface area contributed by atoms with Crippen molar-refractivity contribution in [2.45, 2.75) is 12.8 Å². The lowest BCUT2D eigenvalue weighted by atomic mass is 9.95. The van der Waals surface area contributed by atoms with Gasteiger partial charge in [-0.1, -0.05) is 0 Å². The molecular weight excluding hydrogens is 345 g/mol. The standard InChI is InChI=1S/C19H17F3N2O2/c20-14-3-1-13(2-4-14)19(26)24-9-7-12(8-10-24)18(25)23-15-5-6-16(21)17(22)11-15/h1-6,11-12H,7-10H2,(H,23,25). The largest absolute Gasteiger partial charge is 0.339 e. The van der Waals surface area contributed by atoms with Gasteiger partial charge in [0.2, 0.25) is 5.91 Å². The van der Waals surface area contributed by atoms with Crippen molar-refractivity contribution in [2.24, 2.45) is 5.92 Å². The highest BCUT2D eigenvalue weighted by atomic mass is 19.2. The number of carbonyl (C=O) groups excluding carboxylic acids is 2. The zero-order valence-corrected chi connectivity index (χ0v) is 13.8. The topological polar surface area (TPSA) is 49.4 Å². The average molecular weight is 362 g/mol. The maximum Gasteiger partial charge on any atom is 0.253 e. The van der Waals surface area contributed by atoms with Crippen LogP contribution in [0.4, 0.5) is 18.9 Å². The first-order chi connectivity index (χ1) is 12.4. The Morgan fingerprint density at radius 2 is 1.58 bits per heavy atom. The number of hydrogen-bond acceptors (Lipinski definition) is 2. The van der Waals surface area contributed by atoms with Crippen LogP contribution in [-0.2, 0) is 4.79 Å². The number of rotatable bonds is 3. The van der Waals surface area contributed by atoms with Gasteiger partial charge < -0.3 is 10.2 Å². The van der Waals surface area contributed by atoms with Crippen LogP contribution in [0.2, 0.25) is 0 Å². The molecule has 1 aliphatic rings. The van der Waals surface area contributed by atoms with Crippen LogP contribution < -0.4 is 5.32 Å². The number of nitrogens with zero attached hydrogens (tertiary/aromatic N) is 1. The molecule has 2 amide bonds. The van der Waals surface area contributed by atoms with Crippen molar-refractivity contribution in [1.82, 2.24) is 4.90 Å². The van der Waals surface area contributed by atoms with Crippen molar-refractivity contribution in [3.63, 3.8) is 0 Å². The molecule has 136 valence electrons. The Hall–Kier alpha value is -2.83. The predicted molar refractivity (Wildman–Crippen MR) is 90.0 cm³/mol. The molecule has 26 heavy (non-hydrogen) atoms. The summed E-state index contributed by atoms with van der Waals surface area (Å²) in [5.74, 6) is -3.22. The van der Waals surface area contributed by atoms with Crippen molar-refractivity contribution >= 4 is 17.5 Å². The second-order valence-corrected chi connectivity index (χ2v) is 6.19. The fraction of sp³-hybridized carbons (Fsp3) is 0.263. The Morgan fingerprint density at radius 1 is 0.923 bits per heavy atom. The normalized spacial score (nSPS) is 15.0. The van der Waals surface area contributed by atoms with Gasteiger partial charge in [0.05, 0.1) is 0 Å². The minimum Gasteiger partial charge on any atom is -0.339 e. The highest BCUT2D eigenvalue weighted by molar-refractivity contribution is 5.95. The van der Waals surface area contributed by atoms with Crippen LogP contribution in [0.3, 0.4) is 0 Å². The lowest BCUT2D eigenvalue weighted by Gasteiger charge is -2.31. The third-order valence-corrected chi connectivity index (χ3v) is 4.43. The van der Waals surface area contributed by atoms with E-state index in [1.54, 1.807) is 4.90 Å². The van der Waals surface area contributed by atoms with Gasteiger partial charge in [-0.25, -0.2) is 13.2 Å². The number of anilines is 1. The van der Waals surface area contributed by atoms with E-state index in [9.17, 15) is 22.8 Å². The predicted octanol–water partition coefficient (Wildman–Crippen LogP) is 3.59. The smallest absolute Gasteiger partial charge is 0.253 e. The Bertz CT molecular complexity index is 816. The Balaban J connectivity index is 1.55. The molecule has 4 nitrogen and oxygen atoms in total. The summed E-state index contributed by atoms with van der Waals surface area (Å²) in [5, 5.41) is 2.57. The van der Waals surface area contributed by atoms with Crippen LogP contribution in [0.15, 0.2) is 42.5 Å². The monoisotopic (exact) mass is 362 g/mol. The van der Waals surface area contributed by atoms with E-state index >= 15 is 0 Å². The van der Waals surface area contributed by atoms with Gasteiger partial charge in [0.15, 0.2) is 11.6 Å². The lowest BCUT2D eigenvalue weighted by Crippen LogP contribution is -2.41. The van der Waals surface area contributed by atoms with Crippen molar-refractivity contribution in [2.75, 3.05) is 18.4 Å². The maximum absolute atomic E-state index is 13.2. The number of likely N-dealkylation sites (tertiary alicyclic amines) is 1. The summed E-state index contributed by atoms with van der Waals surface area (Å²) in [5.41, 5.74) is 0.592. The second kappa shape index (κ2) is 7.59. The SMILES string of the molecule is O=C(Nc1ccc(F)c(F)c1)C1CCN(C(=O)c2ccc(F)cc2)CC1. The van der Waals surface area contributed by atoms with Gasteiger partial charge in [-0.2, -0.15) is 0 Å². The summed E-state index contributed by atoms with van der Waals surface area (Å²) in [6, 6.07) is 8.50. The minimum absolute atomic E-state index is 0.193. The van der Waals surface area contributed by atoms with Crippen LogP contribution in [0.5, 0.6) is 0 Å². The van der Waals surface area contributed by atoms with E-state index < -0.39 is 17.5 Å². The van der Waals surface area contributed by atoms with Gasteiger partial charge in [0, 0.05) is 36.3 Å². The van der Waals surface area contributed by atoms with Crippen LogP contribution in [0, 0.1) is 23.4 Å². The molecule has 0 bridgehead atoms. The summed E-state index contributed by atoms with van der Waals surface area (Å²) < 4.78 is 39.1. The maximum atomic E-state index is 13.2. The first-order valence-corrected chi connectivity index (χ1v) is 8.25. The van der Waals surface area contributed by atoms with Gasteiger partial charge in [0.1, 0.15) is 5.82 Å². The van der Waals surface area contributed by atoms with E-state index in [0.717, 1.165) is 12.1 Å². The number of nitrogens with one attached hydrogen (secondary N) is 1. The van der Waals surface area contributed by atoms with Crippen LogP contribution >= 0.6 is 0 Å². The van der Waals surface area contributed by atoms with E-state index in [1.165, 1.54) is 30.3 Å². The van der Waals surface area contributed by atoms with Crippen molar-refractivity contribution in [3.05, 3.63) is 65.5 Å². The molecule has 2 aromatic carbocycles. The number of carbonyl (C=O) groups is 2. The molecule has 7 heteroatoms. The molecule has 0 saturated carbocycles. The van der Waals surface area contributed by atoms with E-state index in [-0.39, 0.29) is 23.4 Å². The zero-order valence-electron chi connectivity index (χ0n) is 13.8. The van der Waals surface area contributed by atoms with Gasteiger partial charge in [0.25, 0.3) is 5.91 Å². The fourth-order valence-corrected chi connectivity index (χ4v) is 2.94. The number of benzene rings is 2. The molecule has 1 saturated heterocycles. The lowest BCUT2D eigenvalue weighted by molar-refractivity contribution is -0.121. The third kappa shape index (κ3) is 4.04. The van der Waals surface area contributed by atoms with Crippen LogP contribution in [-0.4, -0.2) is 29.8 Å². The summed E-state index contributed by atoms with van der Waals surface area (Å²) in [6.07, 6.45) is 0.922. The van der Waals surface area contributed by atoms with E-state index in [1.807, 2.05) is 0 Å². The molecule has 1 fully saturated rings. The molecule has 0 atom stereocenters. The van der Waals surface area contributed by atoms with Crippen LogP contribution in [0.1, 0.15) is 23.2 Å². The molecule has 0 aliphatic carbocycles. The minimum atomic E-state index is -1.03. The Labute approximate surface area is 148 Å². The molecular formula is C19H17F3N2O2. The van der Waals surface area contributed by atoms with E-state index in [2.05, 4.69) is 5.32 Å². The first-order valence-electron chi connectivity index (χ1n) is 8.25. The molecule has 0 aromatic heterocycles. The van der Waals surface area contributed by atoms with Crippen molar-refractivity contribution in [3.8, 4) is 0 Å². The van der Waals surface area contributed by atoms with Gasteiger partial charge in [-0.05, 0) is 49.2 Å². The molecule has 1 aliphatic heterocycles. The Kier molecular flexibility index (Phi) is 5.25. The summed E-state index contributed by atoms with van der Waals surface area (Å²) in [6.45, 7) is 0.790. The summed E-state index contributed by atoms with van der Waals surface area (Å²) in [7, 11) is 0. The van der Waals surface area contributed by atoms with Crippen LogP contribution in [0.25, 0.3) is 0 Å². The molecule has 3 rings (SSSR count). The molecule has 0 unspecified atom stereocenters. The number of amides is 2. The quantitative estimate of drug-likeness (QED) is 0.907. The van der Waals surface area contributed by atoms with Crippen molar-refractivity contribution < 1.29 is 22.8 Å². The highest BCUT2D eigenvalue weighted by Crippen LogP contribution is 2.22. The Morgan fingerprint density at radius 3 is 2.19 bits per heavy atom. The number of piperidine rings is 1. The number of hydrogen-bond donors (Lipinski definition) is 1. The summed E-state index contributed by atoms with van der Waals surface area (Å²) in [4.78, 5) is 26.3. The zero-order chi connectivity index (χ0) is 18.7. The fourth-order valence-electron chi connectivity index (χ4n) is 2.94. The van der Waals surface area contributed by atoms with Gasteiger partial charge in [-0.15, -0.1) is 0 Å². The van der Waals surface area contributed by atoms with E-state index in [0.29, 0.717) is 31.5 Å². The molecule has 1 N–H and O–H groups in total. The molecule has 0 spiro atoms.